The first-order valence-corrected chi connectivity index (χ1v) is 12.9. The molecule has 0 saturated carbocycles. The molecule has 0 fully saturated rings. The zero-order valence-electron chi connectivity index (χ0n) is 29.3. The van der Waals surface area contributed by atoms with Crippen molar-refractivity contribution in [3.63, 3.8) is 0 Å². The topological polar surface area (TPSA) is 16.4 Å². The van der Waals surface area contributed by atoms with Crippen LogP contribution in [0.5, 0.6) is 0 Å². The van der Waals surface area contributed by atoms with Gasteiger partial charge in [0.2, 0.25) is 0 Å². The van der Waals surface area contributed by atoms with Crippen LogP contribution in [-0.2, 0) is 0 Å². The molecule has 0 spiro atoms. The van der Waals surface area contributed by atoms with Gasteiger partial charge >= 0.3 is 0 Å². The highest BCUT2D eigenvalue weighted by atomic mass is 16.3. The van der Waals surface area contributed by atoms with Crippen LogP contribution in [0.4, 0.5) is 17.1 Å². The summed E-state index contributed by atoms with van der Waals surface area (Å²) >= 11 is 0. The molecule has 1 heterocycles. The largest absolute Gasteiger partial charge is 0.456 e. The van der Waals surface area contributed by atoms with Crippen molar-refractivity contribution in [1.82, 2.24) is 0 Å². The molecule has 2 nitrogen and oxygen atoms in total. The van der Waals surface area contributed by atoms with Crippen molar-refractivity contribution in [1.29, 1.82) is 0 Å². The quantitative estimate of drug-likeness (QED) is 0.216. The molecule has 6 aromatic carbocycles. The average molecular weight is 522 g/mol. The Labute approximate surface area is 245 Å². The Balaban J connectivity index is 1.52. The summed E-state index contributed by atoms with van der Waals surface area (Å²) in [6, 6.07) is 31.1. The number of furan rings is 1. The van der Waals surface area contributed by atoms with Crippen molar-refractivity contribution in [3.05, 3.63) is 164 Å². The minimum absolute atomic E-state index is 0.115. The molecule has 190 valence electrons. The van der Waals surface area contributed by atoms with Crippen LogP contribution in [0.2, 0.25) is 0 Å². The van der Waals surface area contributed by atoms with Crippen LogP contribution in [0.15, 0.2) is 168 Å². The number of hydrogen-bond acceptors (Lipinski definition) is 2. The van der Waals surface area contributed by atoms with Crippen LogP contribution in [-0.4, -0.2) is 0 Å². The summed E-state index contributed by atoms with van der Waals surface area (Å²) in [4.78, 5) is 1.30. The van der Waals surface area contributed by atoms with Gasteiger partial charge in [0.25, 0.3) is 0 Å². The van der Waals surface area contributed by atoms with Gasteiger partial charge in [0.05, 0.1) is 11.0 Å². The number of fused-ring (bicyclic) bond motifs is 1. The molecule has 0 bridgehead atoms. The monoisotopic (exact) mass is 521 g/mol. The summed E-state index contributed by atoms with van der Waals surface area (Å²) in [5.74, 6) is 0.538. The third-order valence-corrected chi connectivity index (χ3v) is 6.61. The molecule has 0 aliphatic carbocycles. The summed E-state index contributed by atoms with van der Waals surface area (Å²) in [6.45, 7) is 0. The Morgan fingerprint density at radius 3 is 1.52 bits per heavy atom. The van der Waals surface area contributed by atoms with E-state index in [2.05, 4.69) is 0 Å². The van der Waals surface area contributed by atoms with E-state index in [4.69, 9.17) is 9.90 Å². The van der Waals surface area contributed by atoms with Crippen LogP contribution in [0.1, 0.15) is 11.0 Å². The first-order valence-electron chi connectivity index (χ1n) is 16.9. The van der Waals surface area contributed by atoms with Crippen molar-refractivity contribution in [2.24, 2.45) is 0 Å². The van der Waals surface area contributed by atoms with E-state index < -0.39 is 24.2 Å². The first kappa shape index (κ1) is 16.6. The lowest BCUT2D eigenvalue weighted by Gasteiger charge is -2.26. The van der Waals surface area contributed by atoms with E-state index >= 15 is 0 Å². The van der Waals surface area contributed by atoms with Crippen molar-refractivity contribution < 1.29 is 15.4 Å². The van der Waals surface area contributed by atoms with E-state index in [0.29, 0.717) is 33.7 Å². The van der Waals surface area contributed by atoms with Gasteiger partial charge in [-0.2, -0.15) is 0 Å². The highest BCUT2D eigenvalue weighted by Gasteiger charge is 2.15. The zero-order chi connectivity index (χ0) is 33.7. The lowest BCUT2D eigenvalue weighted by atomic mass is 10.0. The highest BCUT2D eigenvalue weighted by Crippen LogP contribution is 2.39. The Morgan fingerprint density at radius 2 is 0.950 bits per heavy atom. The van der Waals surface area contributed by atoms with Crippen LogP contribution in [0, 0.1) is 0 Å². The van der Waals surface area contributed by atoms with Gasteiger partial charge in [0, 0.05) is 28.0 Å². The fourth-order valence-corrected chi connectivity index (χ4v) is 4.63. The molecule has 7 rings (SSSR count). The van der Waals surface area contributed by atoms with E-state index in [-0.39, 0.29) is 46.7 Å². The van der Waals surface area contributed by atoms with Gasteiger partial charge in [-0.15, -0.1) is 0 Å². The molecule has 0 radical (unpaired) electrons. The summed E-state index contributed by atoms with van der Waals surface area (Å²) in [5, 5.41) is 0.891. The molecule has 0 amide bonds. The molecule has 0 unspecified atom stereocenters. The number of hydrogen-bond donors (Lipinski definition) is 0. The molecule has 2 heteroatoms. The van der Waals surface area contributed by atoms with Gasteiger partial charge in [-0.05, 0) is 70.7 Å². The predicted molar refractivity (Wildman–Crippen MR) is 167 cm³/mol. The fraction of sp³-hybridized carbons (Fsp3) is 0. The van der Waals surface area contributed by atoms with Crippen LogP contribution in [0.3, 0.4) is 0 Å². The van der Waals surface area contributed by atoms with Gasteiger partial charge in [-0.3, -0.25) is 0 Å². The second-order valence-corrected chi connectivity index (χ2v) is 9.21. The molecule has 0 saturated heterocycles. The van der Waals surface area contributed by atoms with Crippen molar-refractivity contribution in [2.75, 3.05) is 4.90 Å². The summed E-state index contributed by atoms with van der Waals surface area (Å²) in [7, 11) is 0. The second-order valence-electron chi connectivity index (χ2n) is 9.21. The SMILES string of the molecule is [2H]c1c([2H])c(N(c2cccc(-c3cc4ccccc4o3)c2)c2c([2H])c([2H])c(-c3ccccc3)c([2H])c2[2H])c([2H])c([2H])c1-c1ccccc1. The predicted octanol–water partition coefficient (Wildman–Crippen LogP) is 10.9. The standard InChI is InChI=1S/C38H27NO/c1-3-10-28(11-4-1)30-18-22-34(23-19-30)39(35-24-20-31(21-25-35)29-12-5-2-6-13-29)36-16-9-15-32(26-36)38-27-33-14-7-8-17-37(33)40-38/h1-27H/i18D,19D,20D,21D,22D,23D,24D,25D. The molecular weight excluding hydrogens is 486 g/mol. The molecule has 0 N–H and O–H groups in total. The molecule has 1 aromatic heterocycles. The summed E-state index contributed by atoms with van der Waals surface area (Å²) in [5.41, 5.74) is 2.44. The number of benzene rings is 6. The Morgan fingerprint density at radius 1 is 0.425 bits per heavy atom. The van der Waals surface area contributed by atoms with E-state index in [0.717, 1.165) is 5.39 Å². The van der Waals surface area contributed by atoms with Gasteiger partial charge in [-0.25, -0.2) is 0 Å². The number of rotatable bonds is 6. The zero-order valence-corrected chi connectivity index (χ0v) is 21.3. The minimum atomic E-state index is -0.395. The van der Waals surface area contributed by atoms with Crippen LogP contribution >= 0.6 is 0 Å². The van der Waals surface area contributed by atoms with Gasteiger partial charge in [0.1, 0.15) is 11.3 Å². The molecule has 0 aliphatic rings. The minimum Gasteiger partial charge on any atom is -0.456 e. The normalized spacial score (nSPS) is 13.8. The van der Waals surface area contributed by atoms with Gasteiger partial charge < -0.3 is 9.32 Å². The average Bonchev–Trinajstić information content (AvgIpc) is 3.55. The third kappa shape index (κ3) is 4.68. The number of para-hydroxylation sites is 1. The molecule has 40 heavy (non-hydrogen) atoms. The number of nitrogens with zero attached hydrogens (tertiary/aromatic N) is 1. The summed E-state index contributed by atoms with van der Waals surface area (Å²) in [6.07, 6.45) is 0. The molecule has 7 aromatic rings. The fourth-order valence-electron chi connectivity index (χ4n) is 4.63. The van der Waals surface area contributed by atoms with Crippen LogP contribution < -0.4 is 4.90 Å². The van der Waals surface area contributed by atoms with Crippen LogP contribution in [0.25, 0.3) is 44.5 Å². The Kier molecular flexibility index (Phi) is 4.33. The molecule has 0 aliphatic heterocycles. The molecule has 0 atom stereocenters. The lowest BCUT2D eigenvalue weighted by Crippen LogP contribution is -2.10. The Bertz CT molecular complexity index is 2140. The maximum Gasteiger partial charge on any atom is 0.135 e. The lowest BCUT2D eigenvalue weighted by molar-refractivity contribution is 0.631. The van der Waals surface area contributed by atoms with Gasteiger partial charge in [-0.1, -0.05) is 115 Å². The van der Waals surface area contributed by atoms with E-state index in [9.17, 15) is 5.48 Å². The molecular formula is C38H27NO. The third-order valence-electron chi connectivity index (χ3n) is 6.61. The highest BCUT2D eigenvalue weighted by molar-refractivity contribution is 5.85. The van der Waals surface area contributed by atoms with E-state index in [1.54, 1.807) is 78.9 Å². The van der Waals surface area contributed by atoms with E-state index in [1.165, 1.54) is 4.90 Å². The van der Waals surface area contributed by atoms with Crippen molar-refractivity contribution in [2.45, 2.75) is 0 Å². The first-order chi connectivity index (χ1) is 23.2. The Hall–Kier alpha value is -5.34. The van der Waals surface area contributed by atoms with Crippen molar-refractivity contribution >= 4 is 28.0 Å². The summed E-state index contributed by atoms with van der Waals surface area (Å²) < 4.78 is 78.9. The smallest absolute Gasteiger partial charge is 0.135 e. The maximum absolute atomic E-state index is 9.20. The van der Waals surface area contributed by atoms with Crippen molar-refractivity contribution in [3.8, 4) is 33.6 Å². The number of anilines is 3. The van der Waals surface area contributed by atoms with Gasteiger partial charge in [0.15, 0.2) is 0 Å². The second kappa shape index (κ2) is 10.4. The maximum atomic E-state index is 9.20. The van der Waals surface area contributed by atoms with E-state index in [1.807, 2.05) is 36.4 Å².